The smallest absolute Gasteiger partial charge is 0.189 e. The minimum atomic E-state index is 0.247. The van der Waals surface area contributed by atoms with Gasteiger partial charge in [-0.1, -0.05) is 22.0 Å². The summed E-state index contributed by atoms with van der Waals surface area (Å²) in [5.74, 6) is 0. The summed E-state index contributed by atoms with van der Waals surface area (Å²) in [4.78, 5) is 0. The zero-order valence-electron chi connectivity index (χ0n) is 11.3. The molecule has 1 saturated heterocycles. The van der Waals surface area contributed by atoms with Crippen molar-refractivity contribution < 1.29 is 4.74 Å². The molecule has 0 spiro atoms. The number of hydrazine groups is 1. The molecule has 1 atom stereocenters. The summed E-state index contributed by atoms with van der Waals surface area (Å²) in [5.41, 5.74) is 6.57. The molecule has 1 aliphatic rings. The quantitative estimate of drug-likeness (QED) is 0.468. The van der Waals surface area contributed by atoms with Crippen LogP contribution >= 0.6 is 40.4 Å². The Morgan fingerprint density at radius 2 is 2.10 bits per heavy atom. The molecule has 21 heavy (non-hydrogen) atoms. The fourth-order valence-electron chi connectivity index (χ4n) is 1.90. The van der Waals surface area contributed by atoms with Crippen molar-refractivity contribution in [2.24, 2.45) is 0 Å². The molecule has 0 saturated carbocycles. The number of hydrogen-bond acceptors (Lipinski definition) is 3. The Labute approximate surface area is 143 Å². The lowest BCUT2D eigenvalue weighted by Gasteiger charge is -2.16. The van der Waals surface area contributed by atoms with Crippen LogP contribution < -0.4 is 21.5 Å². The Morgan fingerprint density at radius 3 is 2.81 bits per heavy atom. The van der Waals surface area contributed by atoms with E-state index >= 15 is 0 Å². The van der Waals surface area contributed by atoms with Crippen molar-refractivity contribution in [1.82, 2.24) is 16.2 Å². The normalized spacial score (nSPS) is 17.1. The molecule has 0 radical (unpaired) electrons. The van der Waals surface area contributed by atoms with Gasteiger partial charge in [-0.25, -0.2) is 0 Å². The Bertz CT molecular complexity index is 509. The third-order valence-electron chi connectivity index (χ3n) is 2.89. The van der Waals surface area contributed by atoms with Crippen molar-refractivity contribution in [1.29, 1.82) is 0 Å². The predicted octanol–water partition coefficient (Wildman–Crippen LogP) is 2.29. The summed E-state index contributed by atoms with van der Waals surface area (Å²) >= 11 is 13.7. The summed E-state index contributed by atoms with van der Waals surface area (Å²) < 4.78 is 6.49. The molecule has 1 aliphatic heterocycles. The first-order valence-corrected chi connectivity index (χ1v) is 8.22. The zero-order valence-corrected chi connectivity index (χ0v) is 14.5. The molecule has 1 heterocycles. The standard InChI is InChI=1S/C13H17BrN4OS2/c14-9-3-1-4-10(7-9)16-13(21)18-17-12(20)15-8-11-5-2-6-19-11/h1,3-4,7,11H,2,5-6,8H2,(H2,15,17,20)(H2,16,18,21)/t11-/m0/s1. The van der Waals surface area contributed by atoms with Crippen LogP contribution in [0.15, 0.2) is 28.7 Å². The van der Waals surface area contributed by atoms with Gasteiger partial charge in [0.25, 0.3) is 0 Å². The van der Waals surface area contributed by atoms with Crippen LogP contribution in [0.2, 0.25) is 0 Å². The molecule has 1 aromatic carbocycles. The van der Waals surface area contributed by atoms with Crippen LogP contribution in [0.5, 0.6) is 0 Å². The highest BCUT2D eigenvalue weighted by molar-refractivity contribution is 9.10. The van der Waals surface area contributed by atoms with E-state index in [1.165, 1.54) is 0 Å². The van der Waals surface area contributed by atoms with Crippen molar-refractivity contribution in [2.75, 3.05) is 18.5 Å². The topological polar surface area (TPSA) is 57.4 Å². The lowest BCUT2D eigenvalue weighted by molar-refractivity contribution is 0.114. The van der Waals surface area contributed by atoms with Crippen molar-refractivity contribution in [3.05, 3.63) is 28.7 Å². The van der Waals surface area contributed by atoms with Crippen molar-refractivity contribution >= 4 is 56.3 Å². The number of ether oxygens (including phenoxy) is 1. The van der Waals surface area contributed by atoms with Crippen LogP contribution in [0.3, 0.4) is 0 Å². The Kier molecular flexibility index (Phi) is 6.62. The number of anilines is 1. The third-order valence-corrected chi connectivity index (χ3v) is 3.83. The van der Waals surface area contributed by atoms with Gasteiger partial charge >= 0.3 is 0 Å². The molecule has 0 bridgehead atoms. The first-order valence-electron chi connectivity index (χ1n) is 6.61. The Hall–Kier alpha value is -0.960. The summed E-state index contributed by atoms with van der Waals surface area (Å²) in [6, 6.07) is 7.73. The van der Waals surface area contributed by atoms with Gasteiger partial charge in [0.2, 0.25) is 0 Å². The van der Waals surface area contributed by atoms with Gasteiger partial charge in [-0.15, -0.1) is 0 Å². The first kappa shape index (κ1) is 16.4. The van der Waals surface area contributed by atoms with E-state index in [4.69, 9.17) is 29.2 Å². The van der Waals surface area contributed by atoms with E-state index in [0.29, 0.717) is 16.8 Å². The molecule has 2 rings (SSSR count). The second-order valence-electron chi connectivity index (χ2n) is 4.56. The van der Waals surface area contributed by atoms with Gasteiger partial charge in [-0.05, 0) is 55.5 Å². The van der Waals surface area contributed by atoms with Crippen LogP contribution in [0.25, 0.3) is 0 Å². The van der Waals surface area contributed by atoms with Crippen LogP contribution in [-0.2, 0) is 4.74 Å². The third kappa shape index (κ3) is 6.13. The van der Waals surface area contributed by atoms with Crippen molar-refractivity contribution in [3.63, 3.8) is 0 Å². The molecule has 0 unspecified atom stereocenters. The minimum Gasteiger partial charge on any atom is -0.376 e. The van der Waals surface area contributed by atoms with Gasteiger partial charge in [0.1, 0.15) is 0 Å². The number of rotatable bonds is 3. The molecule has 0 aliphatic carbocycles. The van der Waals surface area contributed by atoms with Crippen LogP contribution in [0.1, 0.15) is 12.8 Å². The number of hydrogen-bond donors (Lipinski definition) is 4. The molecule has 0 amide bonds. The highest BCUT2D eigenvalue weighted by Gasteiger charge is 2.15. The van der Waals surface area contributed by atoms with Crippen LogP contribution in [0, 0.1) is 0 Å². The second-order valence-corrected chi connectivity index (χ2v) is 6.29. The largest absolute Gasteiger partial charge is 0.376 e. The predicted molar refractivity (Wildman–Crippen MR) is 96.2 cm³/mol. The maximum Gasteiger partial charge on any atom is 0.189 e. The molecule has 1 aromatic rings. The Balaban J connectivity index is 1.64. The summed E-state index contributed by atoms with van der Waals surface area (Å²) in [6.07, 6.45) is 2.44. The van der Waals surface area contributed by atoms with E-state index in [2.05, 4.69) is 37.4 Å². The SMILES string of the molecule is S=C(NC[C@@H]1CCCO1)NNC(=S)Nc1cccc(Br)c1. The van der Waals surface area contributed by atoms with E-state index < -0.39 is 0 Å². The van der Waals surface area contributed by atoms with Crippen LogP contribution in [-0.4, -0.2) is 29.5 Å². The van der Waals surface area contributed by atoms with Gasteiger partial charge in [-0.3, -0.25) is 10.9 Å². The highest BCUT2D eigenvalue weighted by Crippen LogP contribution is 2.15. The average Bonchev–Trinajstić information content (AvgIpc) is 2.96. The average molecular weight is 389 g/mol. The number of halogens is 1. The fraction of sp³-hybridized carbons (Fsp3) is 0.385. The number of benzene rings is 1. The maximum absolute atomic E-state index is 5.51. The number of thiocarbonyl (C=S) groups is 2. The molecular formula is C13H17BrN4OS2. The lowest BCUT2D eigenvalue weighted by atomic mass is 10.2. The van der Waals surface area contributed by atoms with Gasteiger partial charge in [0, 0.05) is 23.3 Å². The summed E-state index contributed by atoms with van der Waals surface area (Å²) in [7, 11) is 0. The highest BCUT2D eigenvalue weighted by atomic mass is 79.9. The molecule has 114 valence electrons. The van der Waals surface area contributed by atoms with Gasteiger partial charge < -0.3 is 15.4 Å². The monoisotopic (exact) mass is 388 g/mol. The van der Waals surface area contributed by atoms with Crippen LogP contribution in [0.4, 0.5) is 5.69 Å². The van der Waals surface area contributed by atoms with E-state index in [-0.39, 0.29) is 6.10 Å². The van der Waals surface area contributed by atoms with Crippen molar-refractivity contribution in [2.45, 2.75) is 18.9 Å². The van der Waals surface area contributed by atoms with Gasteiger partial charge in [0.05, 0.1) is 6.10 Å². The molecule has 1 fully saturated rings. The van der Waals surface area contributed by atoms with E-state index in [0.717, 1.165) is 29.6 Å². The number of nitrogens with one attached hydrogen (secondary N) is 4. The van der Waals surface area contributed by atoms with E-state index in [1.807, 2.05) is 24.3 Å². The summed E-state index contributed by atoms with van der Waals surface area (Å²) in [6.45, 7) is 1.55. The maximum atomic E-state index is 5.51. The first-order chi connectivity index (χ1) is 10.1. The summed E-state index contributed by atoms with van der Waals surface area (Å²) in [5, 5.41) is 7.07. The molecule has 4 N–H and O–H groups in total. The minimum absolute atomic E-state index is 0.247. The van der Waals surface area contributed by atoms with E-state index in [9.17, 15) is 0 Å². The molecule has 8 heteroatoms. The van der Waals surface area contributed by atoms with E-state index in [1.54, 1.807) is 0 Å². The lowest BCUT2D eigenvalue weighted by Crippen LogP contribution is -2.49. The van der Waals surface area contributed by atoms with Crippen molar-refractivity contribution in [3.8, 4) is 0 Å². The van der Waals surface area contributed by atoms with Gasteiger partial charge in [-0.2, -0.15) is 0 Å². The molecule has 0 aromatic heterocycles. The molecular weight excluding hydrogens is 372 g/mol. The second kappa shape index (κ2) is 8.47. The Morgan fingerprint density at radius 1 is 1.29 bits per heavy atom. The zero-order chi connectivity index (χ0) is 15.1. The van der Waals surface area contributed by atoms with Gasteiger partial charge in [0.15, 0.2) is 10.2 Å². The molecule has 5 nitrogen and oxygen atoms in total. The fourth-order valence-corrected chi connectivity index (χ4v) is 2.60.